The number of carbonyl (C=O) groups excluding carboxylic acids is 1. The van der Waals surface area contributed by atoms with E-state index >= 15 is 0 Å². The Hall–Kier alpha value is -1.17. The Kier molecular flexibility index (Phi) is 6.61. The third-order valence-electron chi connectivity index (χ3n) is 4.69. The third kappa shape index (κ3) is 3.90. The van der Waals surface area contributed by atoms with E-state index in [9.17, 15) is 4.79 Å². The number of carbonyl (C=O) groups is 1. The van der Waals surface area contributed by atoms with E-state index in [4.69, 9.17) is 23.8 Å². The van der Waals surface area contributed by atoms with E-state index in [-0.39, 0.29) is 5.78 Å². The molecular formula is C18H26ClN3OS. The highest BCUT2D eigenvalue weighted by Gasteiger charge is 2.46. The summed E-state index contributed by atoms with van der Waals surface area (Å²) in [6, 6.07) is 7.61. The van der Waals surface area contributed by atoms with Crippen LogP contribution in [0.2, 0.25) is 5.02 Å². The molecule has 0 bridgehead atoms. The first-order chi connectivity index (χ1) is 11.4. The van der Waals surface area contributed by atoms with Gasteiger partial charge >= 0.3 is 0 Å². The van der Waals surface area contributed by atoms with Gasteiger partial charge in [-0.3, -0.25) is 4.79 Å². The second kappa shape index (κ2) is 8.28. The lowest BCUT2D eigenvalue weighted by Gasteiger charge is -2.45. The summed E-state index contributed by atoms with van der Waals surface area (Å²) in [4.78, 5) is 17.0. The molecule has 4 nitrogen and oxygen atoms in total. The molecule has 1 aromatic carbocycles. The SMILES string of the molecule is CN(C)CCNC(=S)N(C)[C@]1(c2ccccc2Cl)CCCCC1=O. The first kappa shape index (κ1) is 19.2. The molecule has 0 heterocycles. The van der Waals surface area contributed by atoms with Gasteiger partial charge in [-0.2, -0.15) is 0 Å². The number of nitrogens with one attached hydrogen (secondary N) is 1. The van der Waals surface area contributed by atoms with Crippen molar-refractivity contribution >= 4 is 34.7 Å². The zero-order valence-corrected chi connectivity index (χ0v) is 16.2. The molecule has 1 atom stereocenters. The Bertz CT molecular complexity index is 608. The van der Waals surface area contributed by atoms with Crippen LogP contribution in [0.25, 0.3) is 0 Å². The zero-order chi connectivity index (χ0) is 17.7. The largest absolute Gasteiger partial charge is 0.361 e. The number of benzene rings is 1. The van der Waals surface area contributed by atoms with Crippen molar-refractivity contribution in [2.75, 3.05) is 34.2 Å². The fraction of sp³-hybridized carbons (Fsp3) is 0.556. The van der Waals surface area contributed by atoms with Crippen LogP contribution < -0.4 is 5.32 Å². The molecule has 24 heavy (non-hydrogen) atoms. The van der Waals surface area contributed by atoms with E-state index < -0.39 is 5.54 Å². The molecule has 1 aliphatic carbocycles. The van der Waals surface area contributed by atoms with Crippen molar-refractivity contribution in [2.45, 2.75) is 31.2 Å². The van der Waals surface area contributed by atoms with Crippen LogP contribution in [0.15, 0.2) is 24.3 Å². The van der Waals surface area contributed by atoms with E-state index in [1.807, 2.05) is 50.3 Å². The van der Waals surface area contributed by atoms with Crippen LogP contribution in [-0.4, -0.2) is 54.9 Å². The third-order valence-corrected chi connectivity index (χ3v) is 5.43. The van der Waals surface area contributed by atoms with Gasteiger partial charge in [-0.15, -0.1) is 0 Å². The molecule has 132 valence electrons. The van der Waals surface area contributed by atoms with Crippen molar-refractivity contribution in [3.8, 4) is 0 Å². The van der Waals surface area contributed by atoms with E-state index in [0.29, 0.717) is 16.6 Å². The number of ketones is 1. The molecule has 6 heteroatoms. The molecule has 0 unspecified atom stereocenters. The monoisotopic (exact) mass is 367 g/mol. The van der Waals surface area contributed by atoms with E-state index in [1.54, 1.807) is 0 Å². The second-order valence-electron chi connectivity index (χ2n) is 6.56. The Morgan fingerprint density at radius 1 is 1.29 bits per heavy atom. The Labute approximate surface area is 155 Å². The predicted octanol–water partition coefficient (Wildman–Crippen LogP) is 3.05. The number of likely N-dealkylation sites (N-methyl/N-ethyl adjacent to an activating group) is 2. The highest BCUT2D eigenvalue weighted by molar-refractivity contribution is 7.80. The molecule has 0 spiro atoms. The van der Waals surface area contributed by atoms with Gasteiger partial charge in [0.1, 0.15) is 5.54 Å². The standard InChI is InChI=1S/C18H26ClN3OS/c1-21(2)13-12-20-17(24)22(3)18(11-7-6-10-16(18)23)14-8-4-5-9-15(14)19/h4-5,8-9H,6-7,10-13H2,1-3H3,(H,20,24)/t18-/m0/s1. The number of halogens is 1. The average Bonchev–Trinajstić information content (AvgIpc) is 2.55. The minimum atomic E-state index is -0.765. The summed E-state index contributed by atoms with van der Waals surface area (Å²) < 4.78 is 0. The lowest BCUT2D eigenvalue weighted by molar-refractivity contribution is -0.131. The van der Waals surface area contributed by atoms with Crippen LogP contribution in [0.4, 0.5) is 0 Å². The van der Waals surface area contributed by atoms with Gasteiger partial charge in [0.25, 0.3) is 0 Å². The van der Waals surface area contributed by atoms with Gasteiger partial charge in [0, 0.05) is 37.1 Å². The molecule has 1 saturated carbocycles. The smallest absolute Gasteiger partial charge is 0.169 e. The van der Waals surface area contributed by atoms with Crippen molar-refractivity contribution in [3.05, 3.63) is 34.9 Å². The average molecular weight is 368 g/mol. The molecule has 0 saturated heterocycles. The van der Waals surface area contributed by atoms with Crippen LogP contribution in [0.5, 0.6) is 0 Å². The summed E-state index contributed by atoms with van der Waals surface area (Å²) in [5, 5.41) is 4.48. The van der Waals surface area contributed by atoms with Gasteiger partial charge in [-0.05, 0) is 51.6 Å². The highest BCUT2D eigenvalue weighted by atomic mass is 35.5. The normalized spacial score (nSPS) is 21.0. The Morgan fingerprint density at radius 3 is 2.62 bits per heavy atom. The molecule has 1 aliphatic rings. The van der Waals surface area contributed by atoms with E-state index in [1.165, 1.54) is 0 Å². The van der Waals surface area contributed by atoms with Crippen molar-refractivity contribution in [2.24, 2.45) is 0 Å². The maximum Gasteiger partial charge on any atom is 0.169 e. The van der Waals surface area contributed by atoms with Gasteiger partial charge < -0.3 is 15.1 Å². The van der Waals surface area contributed by atoms with Crippen LogP contribution in [0.1, 0.15) is 31.2 Å². The van der Waals surface area contributed by atoms with Gasteiger partial charge in [-0.25, -0.2) is 0 Å². The molecule has 1 N–H and O–H groups in total. The van der Waals surface area contributed by atoms with Crippen LogP contribution in [0.3, 0.4) is 0 Å². The predicted molar refractivity (Wildman–Crippen MR) is 104 cm³/mol. The minimum Gasteiger partial charge on any atom is -0.361 e. The molecule has 1 aromatic rings. The fourth-order valence-electron chi connectivity index (χ4n) is 3.31. The number of nitrogens with zero attached hydrogens (tertiary/aromatic N) is 2. The summed E-state index contributed by atoms with van der Waals surface area (Å²) in [5.74, 6) is 0.195. The number of thiocarbonyl (C=S) groups is 1. The Morgan fingerprint density at radius 2 is 2.00 bits per heavy atom. The van der Waals surface area contributed by atoms with Gasteiger partial charge in [-0.1, -0.05) is 29.8 Å². The lowest BCUT2D eigenvalue weighted by Crippen LogP contribution is -2.57. The van der Waals surface area contributed by atoms with Gasteiger partial charge in [0.15, 0.2) is 10.9 Å². The molecule has 0 aromatic heterocycles. The van der Waals surface area contributed by atoms with Gasteiger partial charge in [0.05, 0.1) is 0 Å². The quantitative estimate of drug-likeness (QED) is 0.809. The lowest BCUT2D eigenvalue weighted by atomic mass is 9.74. The minimum absolute atomic E-state index is 0.195. The van der Waals surface area contributed by atoms with Crippen molar-refractivity contribution in [3.63, 3.8) is 0 Å². The summed E-state index contributed by atoms with van der Waals surface area (Å²) in [6.07, 6.45) is 3.22. The first-order valence-corrected chi connectivity index (χ1v) is 9.13. The van der Waals surface area contributed by atoms with E-state index in [2.05, 4.69) is 10.2 Å². The Balaban J connectivity index is 2.31. The van der Waals surface area contributed by atoms with Crippen molar-refractivity contribution < 1.29 is 4.79 Å². The maximum absolute atomic E-state index is 13.0. The number of rotatable bonds is 5. The number of Topliss-reactive ketones (excluding diaryl/α,β-unsaturated/α-hetero) is 1. The van der Waals surface area contributed by atoms with Crippen LogP contribution >= 0.6 is 23.8 Å². The van der Waals surface area contributed by atoms with Crippen LogP contribution in [0, 0.1) is 0 Å². The topological polar surface area (TPSA) is 35.6 Å². The molecule has 1 fully saturated rings. The summed E-state index contributed by atoms with van der Waals surface area (Å²) in [6.45, 7) is 1.62. The first-order valence-electron chi connectivity index (χ1n) is 8.34. The molecule has 0 radical (unpaired) electrons. The summed E-state index contributed by atoms with van der Waals surface area (Å²) in [5.41, 5.74) is 0.0920. The second-order valence-corrected chi connectivity index (χ2v) is 7.36. The molecule has 2 rings (SSSR count). The zero-order valence-electron chi connectivity index (χ0n) is 14.6. The molecule has 0 aliphatic heterocycles. The van der Waals surface area contributed by atoms with Gasteiger partial charge in [0.2, 0.25) is 0 Å². The molecule has 0 amide bonds. The number of hydrogen-bond donors (Lipinski definition) is 1. The number of hydrogen-bond acceptors (Lipinski definition) is 3. The van der Waals surface area contributed by atoms with Crippen LogP contribution in [-0.2, 0) is 10.3 Å². The van der Waals surface area contributed by atoms with Crippen molar-refractivity contribution in [1.29, 1.82) is 0 Å². The maximum atomic E-state index is 13.0. The highest BCUT2D eigenvalue weighted by Crippen LogP contribution is 2.42. The fourth-order valence-corrected chi connectivity index (χ4v) is 3.86. The summed E-state index contributed by atoms with van der Waals surface area (Å²) in [7, 11) is 5.94. The molecular weight excluding hydrogens is 342 g/mol. The van der Waals surface area contributed by atoms with Crippen molar-refractivity contribution in [1.82, 2.24) is 15.1 Å². The van der Waals surface area contributed by atoms with E-state index in [0.717, 1.165) is 37.9 Å². The summed E-state index contributed by atoms with van der Waals surface area (Å²) >= 11 is 12.0.